The van der Waals surface area contributed by atoms with E-state index in [4.69, 9.17) is 34.0 Å². The number of aromatic nitrogens is 2. The zero-order valence-corrected chi connectivity index (χ0v) is 26.5. The van der Waals surface area contributed by atoms with Crippen LogP contribution in [0, 0.1) is 0 Å². The van der Waals surface area contributed by atoms with Gasteiger partial charge in [-0.2, -0.15) is 5.10 Å². The van der Waals surface area contributed by atoms with Crippen molar-refractivity contribution in [3.63, 3.8) is 0 Å². The van der Waals surface area contributed by atoms with E-state index in [1.54, 1.807) is 28.4 Å². The number of fused-ring (bicyclic) bond motifs is 3. The van der Waals surface area contributed by atoms with Crippen molar-refractivity contribution in [1.29, 1.82) is 0 Å². The summed E-state index contributed by atoms with van der Waals surface area (Å²) in [5, 5.41) is 5.43. The molecule has 0 amide bonds. The van der Waals surface area contributed by atoms with Crippen LogP contribution < -0.4 is 18.9 Å². The standard InChI is InChI=1S/C39H32N4O4/c1-44-29-17-9-25(10-18-29)35-36(26-11-19-30(45-2)20-12-26)42-43-38(28-15-23-32(47-4)24-16-28)37(27-13-21-31(46-3)22-14-27)41-39(43)33-7-5-6-8-34(33)40-35/h5-24H,1-4H3. The van der Waals surface area contributed by atoms with Crippen molar-refractivity contribution in [3.05, 3.63) is 132 Å². The maximum Gasteiger partial charge on any atom is 0.164 e. The number of hydrogen-bond donors (Lipinski definition) is 0. The van der Waals surface area contributed by atoms with Crippen LogP contribution in [0.1, 0.15) is 11.1 Å². The number of hydrogen-bond acceptors (Lipinski definition) is 7. The van der Waals surface area contributed by atoms with Crippen LogP contribution in [0.2, 0.25) is 0 Å². The van der Waals surface area contributed by atoms with Crippen LogP contribution >= 0.6 is 0 Å². The Hall–Kier alpha value is -6.15. The zero-order chi connectivity index (χ0) is 32.3. The summed E-state index contributed by atoms with van der Waals surface area (Å²) in [6, 6.07) is 39.6. The summed E-state index contributed by atoms with van der Waals surface area (Å²) in [6.07, 6.45) is 0. The minimum absolute atomic E-state index is 0.667. The van der Waals surface area contributed by atoms with Crippen molar-refractivity contribution in [2.45, 2.75) is 0 Å². The summed E-state index contributed by atoms with van der Waals surface area (Å²) < 4.78 is 23.9. The molecule has 0 atom stereocenters. The Labute approximate surface area is 273 Å². The molecule has 1 aromatic heterocycles. The molecule has 2 heterocycles. The average molecular weight is 621 g/mol. The van der Waals surface area contributed by atoms with E-state index in [0.29, 0.717) is 17.2 Å². The maximum atomic E-state index is 5.50. The van der Waals surface area contributed by atoms with E-state index in [9.17, 15) is 0 Å². The fraction of sp³-hybridized carbons (Fsp3) is 0.103. The normalized spacial score (nSPS) is 12.1. The maximum absolute atomic E-state index is 5.50. The molecule has 0 saturated heterocycles. The van der Waals surface area contributed by atoms with Gasteiger partial charge < -0.3 is 18.9 Å². The second kappa shape index (κ2) is 12.7. The van der Waals surface area contributed by atoms with Gasteiger partial charge in [0.2, 0.25) is 0 Å². The van der Waals surface area contributed by atoms with E-state index in [-0.39, 0.29) is 0 Å². The van der Waals surface area contributed by atoms with E-state index in [1.165, 1.54) is 0 Å². The summed E-state index contributed by atoms with van der Waals surface area (Å²) in [5.41, 5.74) is 8.20. The van der Waals surface area contributed by atoms with Crippen LogP contribution in [0.15, 0.2) is 131 Å². The fourth-order valence-corrected chi connectivity index (χ4v) is 5.62. The first-order chi connectivity index (χ1) is 23.1. The number of rotatable bonds is 8. The molecule has 6 aromatic rings. The third kappa shape index (κ3) is 5.61. The highest BCUT2D eigenvalue weighted by Crippen LogP contribution is 2.41. The predicted molar refractivity (Wildman–Crippen MR) is 186 cm³/mol. The van der Waals surface area contributed by atoms with Gasteiger partial charge >= 0.3 is 0 Å². The van der Waals surface area contributed by atoms with Gasteiger partial charge in [0.1, 0.15) is 34.4 Å². The monoisotopic (exact) mass is 620 g/mol. The van der Waals surface area contributed by atoms with Crippen molar-refractivity contribution in [1.82, 2.24) is 9.66 Å². The van der Waals surface area contributed by atoms with Gasteiger partial charge in [0.25, 0.3) is 0 Å². The molecule has 0 aliphatic carbocycles. The van der Waals surface area contributed by atoms with E-state index in [0.717, 1.165) is 67.9 Å². The van der Waals surface area contributed by atoms with Crippen LogP contribution in [0.4, 0.5) is 5.69 Å². The van der Waals surface area contributed by atoms with Crippen molar-refractivity contribution < 1.29 is 18.9 Å². The van der Waals surface area contributed by atoms with E-state index in [1.807, 2.05) is 126 Å². The van der Waals surface area contributed by atoms with Gasteiger partial charge in [-0.05, 0) is 109 Å². The Morgan fingerprint density at radius 3 is 1.43 bits per heavy atom. The molecule has 8 heteroatoms. The van der Waals surface area contributed by atoms with Gasteiger partial charge in [0.15, 0.2) is 5.82 Å². The van der Waals surface area contributed by atoms with Gasteiger partial charge in [-0.3, -0.25) is 0 Å². The van der Waals surface area contributed by atoms with Gasteiger partial charge in [0.05, 0.1) is 45.5 Å². The van der Waals surface area contributed by atoms with Crippen molar-refractivity contribution in [3.8, 4) is 56.9 Å². The van der Waals surface area contributed by atoms with Crippen LogP contribution in [0.25, 0.3) is 33.9 Å². The molecular formula is C39H32N4O4. The molecule has 1 aliphatic heterocycles. The highest BCUT2D eigenvalue weighted by Gasteiger charge is 2.27. The summed E-state index contributed by atoms with van der Waals surface area (Å²) in [7, 11) is 6.63. The smallest absolute Gasteiger partial charge is 0.164 e. The van der Waals surface area contributed by atoms with Gasteiger partial charge in [-0.15, -0.1) is 0 Å². The fourth-order valence-electron chi connectivity index (χ4n) is 5.62. The lowest BCUT2D eigenvalue weighted by Gasteiger charge is -2.18. The second-order valence-corrected chi connectivity index (χ2v) is 10.8. The first kappa shape index (κ1) is 29.6. The topological polar surface area (TPSA) is 79.5 Å². The van der Waals surface area contributed by atoms with Gasteiger partial charge in [-0.25, -0.2) is 14.7 Å². The molecule has 5 aromatic carbocycles. The Morgan fingerprint density at radius 1 is 0.468 bits per heavy atom. The zero-order valence-electron chi connectivity index (χ0n) is 26.5. The lowest BCUT2D eigenvalue weighted by molar-refractivity contribution is 0.414. The molecule has 0 fully saturated rings. The molecule has 7 rings (SSSR count). The average Bonchev–Trinajstić information content (AvgIpc) is 3.50. The lowest BCUT2D eigenvalue weighted by Crippen LogP contribution is -2.20. The molecule has 0 radical (unpaired) electrons. The van der Waals surface area contributed by atoms with Crippen molar-refractivity contribution >= 4 is 17.1 Å². The van der Waals surface area contributed by atoms with Crippen molar-refractivity contribution in [2.75, 3.05) is 28.4 Å². The Bertz CT molecular complexity index is 2100. The number of aliphatic imine (C=N–C) groups is 1. The molecule has 1 aliphatic rings. The third-order valence-electron chi connectivity index (χ3n) is 8.11. The first-order valence-electron chi connectivity index (χ1n) is 15.1. The predicted octanol–water partition coefficient (Wildman–Crippen LogP) is 8.31. The molecule has 47 heavy (non-hydrogen) atoms. The van der Waals surface area contributed by atoms with E-state index in [2.05, 4.69) is 0 Å². The van der Waals surface area contributed by atoms with E-state index >= 15 is 0 Å². The molecule has 0 spiro atoms. The summed E-state index contributed by atoms with van der Waals surface area (Å²) in [5.74, 6) is 3.69. The number of para-hydroxylation sites is 1. The van der Waals surface area contributed by atoms with Crippen LogP contribution in [-0.4, -0.2) is 49.5 Å². The molecule has 0 N–H and O–H groups in total. The number of nitrogens with zero attached hydrogens (tertiary/aromatic N) is 4. The summed E-state index contributed by atoms with van der Waals surface area (Å²) in [6.45, 7) is 0. The van der Waals surface area contributed by atoms with Crippen molar-refractivity contribution in [2.24, 2.45) is 10.1 Å². The van der Waals surface area contributed by atoms with Crippen LogP contribution in [0.3, 0.4) is 0 Å². The highest BCUT2D eigenvalue weighted by atomic mass is 16.5. The number of methoxy groups -OCH3 is 4. The van der Waals surface area contributed by atoms with Crippen LogP contribution in [0.5, 0.6) is 23.0 Å². The molecular weight excluding hydrogens is 588 g/mol. The Kier molecular flexibility index (Phi) is 7.98. The van der Waals surface area contributed by atoms with Crippen LogP contribution in [-0.2, 0) is 0 Å². The Balaban J connectivity index is 1.57. The molecule has 0 saturated carbocycles. The quantitative estimate of drug-likeness (QED) is 0.171. The van der Waals surface area contributed by atoms with E-state index < -0.39 is 0 Å². The second-order valence-electron chi connectivity index (χ2n) is 10.8. The molecule has 0 bridgehead atoms. The number of benzene rings is 5. The third-order valence-corrected chi connectivity index (χ3v) is 8.11. The molecule has 232 valence electrons. The molecule has 0 unspecified atom stereocenters. The first-order valence-corrected chi connectivity index (χ1v) is 15.1. The minimum atomic E-state index is 0.667. The highest BCUT2D eigenvalue weighted by molar-refractivity contribution is 6.54. The van der Waals surface area contributed by atoms with Gasteiger partial charge in [-0.1, -0.05) is 12.1 Å². The molecule has 8 nitrogen and oxygen atoms in total. The van der Waals surface area contributed by atoms with Gasteiger partial charge in [0, 0.05) is 27.8 Å². The lowest BCUT2D eigenvalue weighted by atomic mass is 9.98. The minimum Gasteiger partial charge on any atom is -0.497 e. The largest absolute Gasteiger partial charge is 0.497 e. The number of imidazole rings is 1. The SMILES string of the molecule is COc1ccc(C2=Nc3ccccc3-c3nc(-c4ccc(OC)cc4)c(-c4ccc(OC)cc4)n3N=C2c2ccc(OC)cc2)cc1. The summed E-state index contributed by atoms with van der Waals surface area (Å²) >= 11 is 0. The Morgan fingerprint density at radius 2 is 0.915 bits per heavy atom. The summed E-state index contributed by atoms with van der Waals surface area (Å²) in [4.78, 5) is 10.6. The number of ether oxygens (including phenoxy) is 4.